The van der Waals surface area contributed by atoms with Crippen LogP contribution >= 0.6 is 0 Å². The van der Waals surface area contributed by atoms with Crippen molar-refractivity contribution < 1.29 is 14.6 Å². The molecule has 0 aromatic heterocycles. The van der Waals surface area contributed by atoms with Gasteiger partial charge in [0, 0.05) is 0 Å². The van der Waals surface area contributed by atoms with Crippen LogP contribution in [0.4, 0.5) is 0 Å². The Morgan fingerprint density at radius 2 is 1.84 bits per heavy atom. The normalized spacial score (nSPS) is 11.9. The minimum Gasteiger partial charge on any atom is -0.508 e. The molecule has 1 atom stereocenters. The number of benzene rings is 2. The number of esters is 1. The van der Waals surface area contributed by atoms with Crippen molar-refractivity contribution in [1.29, 1.82) is 0 Å². The van der Waals surface area contributed by atoms with Crippen LogP contribution in [-0.2, 0) is 9.53 Å². The van der Waals surface area contributed by atoms with Gasteiger partial charge in [0.1, 0.15) is 5.75 Å². The lowest BCUT2D eigenvalue weighted by Crippen LogP contribution is -2.11. The molecular weight excluding hydrogens is 240 g/mol. The molecule has 0 saturated heterocycles. The van der Waals surface area contributed by atoms with Gasteiger partial charge in [-0.25, -0.2) is 0 Å². The average molecular weight is 256 g/mol. The van der Waals surface area contributed by atoms with Crippen LogP contribution in [0, 0.1) is 0 Å². The number of phenols is 1. The highest BCUT2D eigenvalue weighted by molar-refractivity contribution is 5.82. The molecule has 19 heavy (non-hydrogen) atoms. The first-order valence-corrected chi connectivity index (χ1v) is 6.09. The topological polar surface area (TPSA) is 46.5 Å². The van der Waals surface area contributed by atoms with Crippen LogP contribution in [-0.4, -0.2) is 18.2 Å². The molecule has 0 aliphatic carbocycles. The predicted octanol–water partition coefficient (Wildman–Crippen LogP) is 3.34. The molecule has 0 saturated carbocycles. The molecule has 0 aliphatic heterocycles. The van der Waals surface area contributed by atoms with Crippen LogP contribution in [0.15, 0.2) is 48.5 Å². The highest BCUT2D eigenvalue weighted by Crippen LogP contribution is 2.32. The Morgan fingerprint density at radius 3 is 2.47 bits per heavy atom. The fourth-order valence-electron chi connectivity index (χ4n) is 2.09. The molecule has 2 aromatic rings. The maximum absolute atomic E-state index is 11.7. The van der Waals surface area contributed by atoms with E-state index >= 15 is 0 Å². The fraction of sp³-hybridized carbons (Fsp3) is 0.188. The molecule has 2 rings (SSSR count). The molecule has 0 fully saturated rings. The number of ether oxygens (including phenoxy) is 1. The molecule has 2 aromatic carbocycles. The molecule has 1 unspecified atom stereocenters. The summed E-state index contributed by atoms with van der Waals surface area (Å²) < 4.78 is 4.79. The van der Waals surface area contributed by atoms with E-state index in [0.717, 1.165) is 16.7 Å². The summed E-state index contributed by atoms with van der Waals surface area (Å²) in [5.74, 6) is -0.483. The number of hydrogen-bond donors (Lipinski definition) is 1. The highest BCUT2D eigenvalue weighted by atomic mass is 16.5. The standard InChI is InChI=1S/C16H16O3/c1-11(16(18)19-2)14-9-8-13(17)10-15(14)12-6-4-3-5-7-12/h3-11,17H,1-2H3. The van der Waals surface area contributed by atoms with Crippen molar-refractivity contribution in [3.8, 4) is 16.9 Å². The third kappa shape index (κ3) is 2.76. The molecule has 1 N–H and O–H groups in total. The second kappa shape index (κ2) is 5.57. The predicted molar refractivity (Wildman–Crippen MR) is 74.0 cm³/mol. The van der Waals surface area contributed by atoms with Crippen LogP contribution in [0.2, 0.25) is 0 Å². The number of phenolic OH excluding ortho intramolecular Hbond substituents is 1. The van der Waals surface area contributed by atoms with E-state index in [1.54, 1.807) is 25.1 Å². The first-order chi connectivity index (χ1) is 9.13. The molecule has 3 nitrogen and oxygen atoms in total. The summed E-state index contributed by atoms with van der Waals surface area (Å²) in [5, 5.41) is 9.66. The van der Waals surface area contributed by atoms with E-state index in [1.165, 1.54) is 7.11 Å². The summed E-state index contributed by atoms with van der Waals surface area (Å²) in [7, 11) is 1.38. The number of rotatable bonds is 3. The SMILES string of the molecule is COC(=O)C(C)c1ccc(O)cc1-c1ccccc1. The van der Waals surface area contributed by atoms with Crippen LogP contribution < -0.4 is 0 Å². The van der Waals surface area contributed by atoms with Crippen molar-refractivity contribution in [3.63, 3.8) is 0 Å². The second-order valence-corrected chi connectivity index (χ2v) is 4.38. The largest absolute Gasteiger partial charge is 0.508 e. The number of carbonyl (C=O) groups is 1. The van der Waals surface area contributed by atoms with Gasteiger partial charge in [0.2, 0.25) is 0 Å². The molecule has 0 bridgehead atoms. The Balaban J connectivity index is 2.53. The number of carbonyl (C=O) groups excluding carboxylic acids is 1. The Labute approximate surface area is 112 Å². The van der Waals surface area contributed by atoms with E-state index in [1.807, 2.05) is 30.3 Å². The third-order valence-electron chi connectivity index (χ3n) is 3.14. The van der Waals surface area contributed by atoms with E-state index in [0.29, 0.717) is 0 Å². The van der Waals surface area contributed by atoms with Gasteiger partial charge in [0.25, 0.3) is 0 Å². The zero-order valence-electron chi connectivity index (χ0n) is 11.0. The van der Waals surface area contributed by atoms with Crippen molar-refractivity contribution >= 4 is 5.97 Å². The van der Waals surface area contributed by atoms with Crippen LogP contribution in [0.5, 0.6) is 5.75 Å². The maximum atomic E-state index is 11.7. The van der Waals surface area contributed by atoms with Gasteiger partial charge >= 0.3 is 5.97 Å². The number of aromatic hydroxyl groups is 1. The Bertz CT molecular complexity index is 576. The lowest BCUT2D eigenvalue weighted by atomic mass is 9.91. The summed E-state index contributed by atoms with van der Waals surface area (Å²) in [6.45, 7) is 1.80. The van der Waals surface area contributed by atoms with Crippen LogP contribution in [0.1, 0.15) is 18.4 Å². The summed E-state index contributed by atoms with van der Waals surface area (Å²) in [6, 6.07) is 14.7. The van der Waals surface area contributed by atoms with Gasteiger partial charge in [0.15, 0.2) is 0 Å². The minimum absolute atomic E-state index is 0.180. The number of hydrogen-bond acceptors (Lipinski definition) is 3. The smallest absolute Gasteiger partial charge is 0.312 e. The summed E-state index contributed by atoms with van der Waals surface area (Å²) >= 11 is 0. The molecule has 0 amide bonds. The number of methoxy groups -OCH3 is 1. The lowest BCUT2D eigenvalue weighted by molar-refractivity contribution is -0.141. The summed E-state index contributed by atoms with van der Waals surface area (Å²) in [5.41, 5.74) is 2.65. The van der Waals surface area contributed by atoms with Gasteiger partial charge < -0.3 is 9.84 Å². The second-order valence-electron chi connectivity index (χ2n) is 4.38. The molecule has 0 spiro atoms. The molecule has 98 valence electrons. The first kappa shape index (κ1) is 13.1. The van der Waals surface area contributed by atoms with E-state index in [4.69, 9.17) is 4.74 Å². The van der Waals surface area contributed by atoms with Crippen molar-refractivity contribution in [2.75, 3.05) is 7.11 Å². The Morgan fingerprint density at radius 1 is 1.16 bits per heavy atom. The van der Waals surface area contributed by atoms with Crippen molar-refractivity contribution in [1.82, 2.24) is 0 Å². The van der Waals surface area contributed by atoms with Gasteiger partial charge in [-0.3, -0.25) is 4.79 Å². The van der Waals surface area contributed by atoms with Gasteiger partial charge in [0.05, 0.1) is 13.0 Å². The van der Waals surface area contributed by atoms with Crippen molar-refractivity contribution in [3.05, 3.63) is 54.1 Å². The minimum atomic E-state index is -0.374. The first-order valence-electron chi connectivity index (χ1n) is 6.09. The molecule has 0 heterocycles. The average Bonchev–Trinajstić information content (AvgIpc) is 2.46. The Kier molecular flexibility index (Phi) is 3.85. The fourth-order valence-corrected chi connectivity index (χ4v) is 2.09. The summed E-state index contributed by atoms with van der Waals surface area (Å²) in [6.07, 6.45) is 0. The van der Waals surface area contributed by atoms with E-state index < -0.39 is 0 Å². The highest BCUT2D eigenvalue weighted by Gasteiger charge is 2.19. The zero-order chi connectivity index (χ0) is 13.8. The molecule has 3 heteroatoms. The monoisotopic (exact) mass is 256 g/mol. The van der Waals surface area contributed by atoms with Gasteiger partial charge in [-0.2, -0.15) is 0 Å². The van der Waals surface area contributed by atoms with Crippen LogP contribution in [0.25, 0.3) is 11.1 Å². The van der Waals surface area contributed by atoms with E-state index in [2.05, 4.69) is 0 Å². The van der Waals surface area contributed by atoms with Gasteiger partial charge in [-0.1, -0.05) is 36.4 Å². The Hall–Kier alpha value is -2.29. The summed E-state index contributed by atoms with van der Waals surface area (Å²) in [4.78, 5) is 11.7. The zero-order valence-corrected chi connectivity index (χ0v) is 11.0. The molecular formula is C16H16O3. The van der Waals surface area contributed by atoms with Crippen molar-refractivity contribution in [2.24, 2.45) is 0 Å². The van der Waals surface area contributed by atoms with Gasteiger partial charge in [-0.05, 0) is 35.7 Å². The molecule has 0 radical (unpaired) electrons. The quantitative estimate of drug-likeness (QED) is 0.857. The van der Waals surface area contributed by atoms with Crippen molar-refractivity contribution in [2.45, 2.75) is 12.8 Å². The maximum Gasteiger partial charge on any atom is 0.312 e. The van der Waals surface area contributed by atoms with E-state index in [9.17, 15) is 9.90 Å². The molecule has 0 aliphatic rings. The third-order valence-corrected chi connectivity index (χ3v) is 3.14. The van der Waals surface area contributed by atoms with Gasteiger partial charge in [-0.15, -0.1) is 0 Å². The lowest BCUT2D eigenvalue weighted by Gasteiger charge is -2.15. The van der Waals surface area contributed by atoms with Crippen LogP contribution in [0.3, 0.4) is 0 Å². The van der Waals surface area contributed by atoms with E-state index in [-0.39, 0.29) is 17.6 Å².